The van der Waals surface area contributed by atoms with Gasteiger partial charge in [0, 0.05) is 31.9 Å². The zero-order valence-corrected chi connectivity index (χ0v) is 15.3. The molecule has 2 heterocycles. The van der Waals surface area contributed by atoms with Crippen molar-refractivity contribution in [3.05, 3.63) is 29.8 Å². The van der Waals surface area contributed by atoms with E-state index in [1.807, 2.05) is 4.90 Å². The van der Waals surface area contributed by atoms with Crippen molar-refractivity contribution in [2.75, 3.05) is 37.6 Å². The van der Waals surface area contributed by atoms with E-state index in [9.17, 15) is 4.79 Å². The number of amides is 1. The maximum absolute atomic E-state index is 12.5. The van der Waals surface area contributed by atoms with Crippen LogP contribution in [0.3, 0.4) is 0 Å². The number of benzene rings is 1. The van der Waals surface area contributed by atoms with Gasteiger partial charge in [0.15, 0.2) is 0 Å². The number of hydrogen-bond acceptors (Lipinski definition) is 3. The van der Waals surface area contributed by atoms with Crippen molar-refractivity contribution in [1.29, 1.82) is 0 Å². The van der Waals surface area contributed by atoms with Crippen LogP contribution in [0.25, 0.3) is 0 Å². The van der Waals surface area contributed by atoms with Crippen LogP contribution in [0.15, 0.2) is 24.3 Å². The molecule has 1 unspecified atom stereocenters. The molecule has 0 aromatic heterocycles. The Bertz CT molecular complexity index is 498. The zero-order chi connectivity index (χ0) is 14.7. The number of nitrogens with one attached hydrogen (secondary N) is 1. The normalized spacial score (nSPS) is 21.2. The standard InChI is InChI=1S/C17H25N3O.2ClH/c1-14-6-2-3-8-16(14)19-10-12-20(13-11-19)17(21)15-7-4-5-9-18-15;;/h2-3,6,8,15,18H,4-5,7,9-13H2,1H3;2*1H. The van der Waals surface area contributed by atoms with Crippen molar-refractivity contribution in [1.82, 2.24) is 10.2 Å². The van der Waals surface area contributed by atoms with E-state index in [1.165, 1.54) is 24.1 Å². The average Bonchev–Trinajstić information content (AvgIpc) is 2.56. The minimum absolute atomic E-state index is 0. The Kier molecular flexibility index (Phi) is 8.17. The van der Waals surface area contributed by atoms with Gasteiger partial charge >= 0.3 is 0 Å². The molecule has 6 heteroatoms. The average molecular weight is 360 g/mol. The molecular formula is C17H27Cl2N3O. The van der Waals surface area contributed by atoms with Gasteiger partial charge < -0.3 is 15.1 Å². The molecular weight excluding hydrogens is 333 g/mol. The van der Waals surface area contributed by atoms with Crippen molar-refractivity contribution < 1.29 is 4.79 Å². The Hall–Kier alpha value is -0.970. The van der Waals surface area contributed by atoms with Gasteiger partial charge in [-0.25, -0.2) is 0 Å². The third-order valence-corrected chi connectivity index (χ3v) is 4.66. The Morgan fingerprint density at radius 3 is 2.39 bits per heavy atom. The van der Waals surface area contributed by atoms with Crippen LogP contribution in [-0.4, -0.2) is 49.6 Å². The first-order valence-corrected chi connectivity index (χ1v) is 8.08. The lowest BCUT2D eigenvalue weighted by Crippen LogP contribution is -2.55. The molecule has 1 aromatic carbocycles. The van der Waals surface area contributed by atoms with E-state index in [1.54, 1.807) is 0 Å². The second kappa shape index (κ2) is 9.36. The van der Waals surface area contributed by atoms with E-state index in [0.29, 0.717) is 5.91 Å². The molecule has 0 bridgehead atoms. The van der Waals surface area contributed by atoms with Crippen LogP contribution < -0.4 is 10.2 Å². The largest absolute Gasteiger partial charge is 0.368 e. The van der Waals surface area contributed by atoms with E-state index in [0.717, 1.165) is 39.1 Å². The number of aryl methyl sites for hydroxylation is 1. The second-order valence-electron chi connectivity index (χ2n) is 6.10. The monoisotopic (exact) mass is 359 g/mol. The number of piperazine rings is 1. The van der Waals surface area contributed by atoms with E-state index in [2.05, 4.69) is 41.4 Å². The third kappa shape index (κ3) is 4.75. The predicted octanol–water partition coefficient (Wildman–Crippen LogP) is 2.63. The van der Waals surface area contributed by atoms with Gasteiger partial charge in [-0.1, -0.05) is 24.6 Å². The number of piperidine rings is 1. The topological polar surface area (TPSA) is 35.6 Å². The Balaban J connectivity index is 0.00000132. The van der Waals surface area contributed by atoms with Crippen LogP contribution in [0.2, 0.25) is 0 Å². The summed E-state index contributed by atoms with van der Waals surface area (Å²) in [5.41, 5.74) is 2.62. The van der Waals surface area contributed by atoms with Gasteiger partial charge in [-0.15, -0.1) is 24.8 Å². The smallest absolute Gasteiger partial charge is 0.239 e. The highest BCUT2D eigenvalue weighted by molar-refractivity contribution is 5.85. The van der Waals surface area contributed by atoms with E-state index >= 15 is 0 Å². The first-order valence-electron chi connectivity index (χ1n) is 8.08. The minimum atomic E-state index is 0. The molecule has 2 aliphatic rings. The first-order chi connectivity index (χ1) is 10.3. The highest BCUT2D eigenvalue weighted by atomic mass is 35.5. The number of rotatable bonds is 2. The van der Waals surface area contributed by atoms with Gasteiger partial charge in [-0.3, -0.25) is 4.79 Å². The van der Waals surface area contributed by atoms with Gasteiger partial charge in [0.2, 0.25) is 5.91 Å². The van der Waals surface area contributed by atoms with Crippen molar-refractivity contribution in [3.8, 4) is 0 Å². The summed E-state index contributed by atoms with van der Waals surface area (Å²) in [6.45, 7) is 6.68. The molecule has 0 spiro atoms. The molecule has 2 fully saturated rings. The number of carbonyl (C=O) groups excluding carboxylic acids is 1. The molecule has 23 heavy (non-hydrogen) atoms. The van der Waals surface area contributed by atoms with Crippen molar-refractivity contribution >= 4 is 36.4 Å². The SMILES string of the molecule is Cc1ccccc1N1CCN(C(=O)C2CCCCN2)CC1.Cl.Cl. The summed E-state index contributed by atoms with van der Waals surface area (Å²) in [7, 11) is 0. The molecule has 3 rings (SSSR count). The van der Waals surface area contributed by atoms with Gasteiger partial charge in [-0.05, 0) is 37.9 Å². The van der Waals surface area contributed by atoms with Crippen LogP contribution in [0.1, 0.15) is 24.8 Å². The number of halogens is 2. The zero-order valence-electron chi connectivity index (χ0n) is 13.7. The maximum atomic E-state index is 12.5. The fourth-order valence-corrected chi connectivity index (χ4v) is 3.37. The van der Waals surface area contributed by atoms with Crippen LogP contribution >= 0.6 is 24.8 Å². The van der Waals surface area contributed by atoms with Gasteiger partial charge in [0.1, 0.15) is 0 Å². The number of hydrogen-bond donors (Lipinski definition) is 1. The van der Waals surface area contributed by atoms with Crippen molar-refractivity contribution in [3.63, 3.8) is 0 Å². The van der Waals surface area contributed by atoms with E-state index < -0.39 is 0 Å². The summed E-state index contributed by atoms with van der Waals surface area (Å²) in [5, 5.41) is 3.36. The fourth-order valence-electron chi connectivity index (χ4n) is 3.37. The molecule has 1 amide bonds. The number of para-hydroxylation sites is 1. The number of anilines is 1. The Morgan fingerprint density at radius 1 is 1.09 bits per heavy atom. The number of carbonyl (C=O) groups is 1. The highest BCUT2D eigenvalue weighted by Gasteiger charge is 2.28. The molecule has 0 radical (unpaired) electrons. The van der Waals surface area contributed by atoms with E-state index in [4.69, 9.17) is 0 Å². The van der Waals surface area contributed by atoms with Crippen LogP contribution in [0.4, 0.5) is 5.69 Å². The maximum Gasteiger partial charge on any atom is 0.239 e. The van der Waals surface area contributed by atoms with Crippen molar-refractivity contribution in [2.45, 2.75) is 32.2 Å². The molecule has 2 saturated heterocycles. The molecule has 1 aromatic rings. The van der Waals surface area contributed by atoms with Gasteiger partial charge in [0.25, 0.3) is 0 Å². The summed E-state index contributed by atoms with van der Waals surface area (Å²) < 4.78 is 0. The van der Waals surface area contributed by atoms with Gasteiger partial charge in [0.05, 0.1) is 6.04 Å². The predicted molar refractivity (Wildman–Crippen MR) is 100 cm³/mol. The lowest BCUT2D eigenvalue weighted by atomic mass is 10.0. The molecule has 1 atom stereocenters. The molecule has 0 aliphatic carbocycles. The number of nitrogens with zero attached hydrogens (tertiary/aromatic N) is 2. The summed E-state index contributed by atoms with van der Waals surface area (Å²) in [6.07, 6.45) is 3.37. The summed E-state index contributed by atoms with van der Waals surface area (Å²) in [4.78, 5) is 16.9. The van der Waals surface area contributed by atoms with Gasteiger partial charge in [-0.2, -0.15) is 0 Å². The van der Waals surface area contributed by atoms with Crippen LogP contribution in [0, 0.1) is 6.92 Å². The van der Waals surface area contributed by atoms with Crippen LogP contribution in [-0.2, 0) is 4.79 Å². The molecule has 4 nitrogen and oxygen atoms in total. The first kappa shape index (κ1) is 20.1. The quantitative estimate of drug-likeness (QED) is 0.881. The molecule has 2 aliphatic heterocycles. The highest BCUT2D eigenvalue weighted by Crippen LogP contribution is 2.21. The van der Waals surface area contributed by atoms with Crippen molar-refractivity contribution in [2.24, 2.45) is 0 Å². The molecule has 0 saturated carbocycles. The summed E-state index contributed by atoms with van der Waals surface area (Å²) in [6, 6.07) is 8.55. The lowest BCUT2D eigenvalue weighted by molar-refractivity contribution is -0.134. The third-order valence-electron chi connectivity index (χ3n) is 4.66. The summed E-state index contributed by atoms with van der Waals surface area (Å²) >= 11 is 0. The van der Waals surface area contributed by atoms with E-state index in [-0.39, 0.29) is 30.9 Å². The molecule has 130 valence electrons. The lowest BCUT2D eigenvalue weighted by Gasteiger charge is -2.38. The van der Waals surface area contributed by atoms with Crippen LogP contribution in [0.5, 0.6) is 0 Å². The minimum Gasteiger partial charge on any atom is -0.368 e. The Labute approximate surface area is 151 Å². The molecule has 1 N–H and O–H groups in total. The fraction of sp³-hybridized carbons (Fsp3) is 0.588. The second-order valence-corrected chi connectivity index (χ2v) is 6.10. The Morgan fingerprint density at radius 2 is 1.78 bits per heavy atom. The summed E-state index contributed by atoms with van der Waals surface area (Å²) in [5.74, 6) is 0.305.